The van der Waals surface area contributed by atoms with Gasteiger partial charge in [-0.2, -0.15) is 0 Å². The molecule has 3 N–H and O–H groups in total. The van der Waals surface area contributed by atoms with E-state index < -0.39 is 0 Å². The fourth-order valence-corrected chi connectivity index (χ4v) is 2.90. The highest BCUT2D eigenvalue weighted by molar-refractivity contribution is 7.09. The van der Waals surface area contributed by atoms with Gasteiger partial charge in [-0.15, -0.1) is 11.3 Å². The van der Waals surface area contributed by atoms with E-state index in [1.54, 1.807) is 11.3 Å². The van der Waals surface area contributed by atoms with Crippen molar-refractivity contribution < 1.29 is 5.21 Å². The molecule has 0 atom stereocenters. The number of nitrogens with zero attached hydrogens (tertiary/aromatic N) is 3. The molecule has 100 valence electrons. The van der Waals surface area contributed by atoms with E-state index >= 15 is 0 Å². The van der Waals surface area contributed by atoms with Gasteiger partial charge in [-0.05, 0) is 32.9 Å². The highest BCUT2D eigenvalue weighted by Crippen LogP contribution is 2.31. The summed E-state index contributed by atoms with van der Waals surface area (Å²) in [5, 5.41) is 15.2. The van der Waals surface area contributed by atoms with Crippen molar-refractivity contribution >= 4 is 17.2 Å². The lowest BCUT2D eigenvalue weighted by atomic mass is 9.79. The summed E-state index contributed by atoms with van der Waals surface area (Å²) in [7, 11) is 0. The monoisotopic (exact) mass is 268 g/mol. The molecule has 0 saturated carbocycles. The number of aryl methyl sites for hydroxylation is 1. The lowest BCUT2D eigenvalue weighted by molar-refractivity contribution is 0.151. The third-order valence-electron chi connectivity index (χ3n) is 3.74. The average molecular weight is 268 g/mol. The summed E-state index contributed by atoms with van der Waals surface area (Å²) >= 11 is 1.69. The van der Waals surface area contributed by atoms with Gasteiger partial charge < -0.3 is 10.9 Å². The van der Waals surface area contributed by atoms with E-state index in [-0.39, 0.29) is 5.41 Å². The van der Waals surface area contributed by atoms with Crippen molar-refractivity contribution in [3.63, 3.8) is 0 Å². The van der Waals surface area contributed by atoms with Crippen LogP contribution in [0.5, 0.6) is 0 Å². The van der Waals surface area contributed by atoms with Crippen LogP contribution in [0.25, 0.3) is 0 Å². The predicted molar refractivity (Wildman–Crippen MR) is 72.9 cm³/mol. The van der Waals surface area contributed by atoms with Gasteiger partial charge in [0.1, 0.15) is 5.84 Å². The van der Waals surface area contributed by atoms with Gasteiger partial charge in [0.25, 0.3) is 0 Å². The van der Waals surface area contributed by atoms with Crippen LogP contribution in [0, 0.1) is 12.3 Å². The summed E-state index contributed by atoms with van der Waals surface area (Å²) in [5.74, 6) is 0.353. The molecule has 0 radical (unpaired) electrons. The van der Waals surface area contributed by atoms with E-state index in [1.807, 2.05) is 6.92 Å². The van der Waals surface area contributed by atoms with Crippen LogP contribution in [0.4, 0.5) is 0 Å². The Balaban J connectivity index is 1.91. The Morgan fingerprint density at radius 2 is 2.28 bits per heavy atom. The Morgan fingerprint density at radius 3 is 2.78 bits per heavy atom. The lowest BCUT2D eigenvalue weighted by Gasteiger charge is -2.38. The number of hydrogen-bond acceptors (Lipinski definition) is 5. The topological polar surface area (TPSA) is 74.7 Å². The molecule has 0 amide bonds. The zero-order valence-electron chi connectivity index (χ0n) is 10.9. The molecule has 6 heteroatoms. The molecule has 2 rings (SSSR count). The van der Waals surface area contributed by atoms with Crippen molar-refractivity contribution in [1.82, 2.24) is 9.88 Å². The lowest BCUT2D eigenvalue weighted by Crippen LogP contribution is -2.45. The van der Waals surface area contributed by atoms with Crippen LogP contribution in [-0.4, -0.2) is 34.0 Å². The van der Waals surface area contributed by atoms with E-state index in [0.29, 0.717) is 5.84 Å². The maximum atomic E-state index is 8.80. The fourth-order valence-electron chi connectivity index (χ4n) is 2.29. The Morgan fingerprint density at radius 1 is 1.61 bits per heavy atom. The second kappa shape index (κ2) is 5.24. The smallest absolute Gasteiger partial charge is 0.145 e. The van der Waals surface area contributed by atoms with Crippen LogP contribution in [0.1, 0.15) is 30.5 Å². The minimum Gasteiger partial charge on any atom is -0.409 e. The van der Waals surface area contributed by atoms with Gasteiger partial charge in [-0.25, -0.2) is 4.98 Å². The first-order valence-corrected chi connectivity index (χ1v) is 7.03. The first-order valence-electron chi connectivity index (χ1n) is 6.15. The molecule has 18 heavy (non-hydrogen) atoms. The second-order valence-electron chi connectivity index (χ2n) is 5.18. The standard InChI is InChI=1S/C12H20N4OS/c1-9-14-10(8-18-9)7-16-5-3-12(2,4-6-16)11(13)15-17/h8,17H,3-7H2,1-2H3,(H2,13,15). The largest absolute Gasteiger partial charge is 0.409 e. The summed E-state index contributed by atoms with van der Waals surface area (Å²) in [6, 6.07) is 0. The van der Waals surface area contributed by atoms with E-state index in [2.05, 4.69) is 27.3 Å². The van der Waals surface area contributed by atoms with Crippen molar-refractivity contribution in [2.24, 2.45) is 16.3 Å². The molecule has 0 unspecified atom stereocenters. The van der Waals surface area contributed by atoms with Crippen LogP contribution in [-0.2, 0) is 6.54 Å². The van der Waals surface area contributed by atoms with Crippen LogP contribution in [0.2, 0.25) is 0 Å². The molecule has 0 aromatic carbocycles. The van der Waals surface area contributed by atoms with E-state index in [4.69, 9.17) is 10.9 Å². The van der Waals surface area contributed by atoms with Gasteiger partial charge in [0.05, 0.1) is 10.7 Å². The molecular formula is C12H20N4OS. The molecule has 5 nitrogen and oxygen atoms in total. The summed E-state index contributed by atoms with van der Waals surface area (Å²) in [4.78, 5) is 6.86. The molecular weight excluding hydrogens is 248 g/mol. The number of hydrogen-bond donors (Lipinski definition) is 2. The SMILES string of the molecule is Cc1nc(CN2CCC(C)(C(N)=NO)CC2)cs1. The van der Waals surface area contributed by atoms with Gasteiger partial charge in [-0.3, -0.25) is 4.90 Å². The fraction of sp³-hybridized carbons (Fsp3) is 0.667. The number of likely N-dealkylation sites (tertiary alicyclic amines) is 1. The Bertz CT molecular complexity index is 435. The van der Waals surface area contributed by atoms with Crippen molar-refractivity contribution in [2.75, 3.05) is 13.1 Å². The van der Waals surface area contributed by atoms with Crippen LogP contribution >= 0.6 is 11.3 Å². The summed E-state index contributed by atoms with van der Waals surface area (Å²) in [6.07, 6.45) is 1.85. The van der Waals surface area contributed by atoms with Crippen molar-refractivity contribution in [2.45, 2.75) is 33.2 Å². The maximum Gasteiger partial charge on any atom is 0.145 e. The number of oxime groups is 1. The molecule has 0 aliphatic carbocycles. The number of thiazole rings is 1. The van der Waals surface area contributed by atoms with Crippen LogP contribution < -0.4 is 5.73 Å². The second-order valence-corrected chi connectivity index (χ2v) is 6.24. The molecule has 1 aliphatic rings. The van der Waals surface area contributed by atoms with Crippen molar-refractivity contribution in [3.05, 3.63) is 16.1 Å². The molecule has 1 aliphatic heterocycles. The van der Waals surface area contributed by atoms with E-state index in [0.717, 1.165) is 43.2 Å². The normalized spacial score (nSPS) is 21.1. The molecule has 1 fully saturated rings. The Labute approximate surface area is 111 Å². The molecule has 1 aromatic heterocycles. The maximum absolute atomic E-state index is 8.80. The summed E-state index contributed by atoms with van der Waals surface area (Å²) < 4.78 is 0. The Hall–Kier alpha value is -1.14. The minimum absolute atomic E-state index is 0.163. The third kappa shape index (κ3) is 2.81. The third-order valence-corrected chi connectivity index (χ3v) is 4.56. The summed E-state index contributed by atoms with van der Waals surface area (Å²) in [6.45, 7) is 6.91. The summed E-state index contributed by atoms with van der Waals surface area (Å²) in [5.41, 5.74) is 6.73. The van der Waals surface area contributed by atoms with E-state index in [1.165, 1.54) is 0 Å². The average Bonchev–Trinajstić information content (AvgIpc) is 2.77. The number of amidine groups is 1. The first kappa shape index (κ1) is 13.3. The van der Waals surface area contributed by atoms with Crippen LogP contribution in [0.15, 0.2) is 10.5 Å². The number of rotatable bonds is 3. The van der Waals surface area contributed by atoms with Gasteiger partial charge in [-0.1, -0.05) is 12.1 Å². The molecule has 1 saturated heterocycles. The quantitative estimate of drug-likeness (QED) is 0.379. The number of aromatic nitrogens is 1. The van der Waals surface area contributed by atoms with E-state index in [9.17, 15) is 0 Å². The molecule has 0 bridgehead atoms. The predicted octanol–water partition coefficient (Wildman–Crippen LogP) is 1.80. The van der Waals surface area contributed by atoms with Gasteiger partial charge in [0.2, 0.25) is 0 Å². The van der Waals surface area contributed by atoms with Gasteiger partial charge >= 0.3 is 0 Å². The van der Waals surface area contributed by atoms with Gasteiger partial charge in [0, 0.05) is 17.3 Å². The minimum atomic E-state index is -0.163. The zero-order valence-corrected chi connectivity index (χ0v) is 11.7. The molecule has 2 heterocycles. The number of piperidine rings is 1. The zero-order chi connectivity index (χ0) is 13.2. The molecule has 1 aromatic rings. The number of nitrogens with two attached hydrogens (primary N) is 1. The van der Waals surface area contributed by atoms with Gasteiger partial charge in [0.15, 0.2) is 0 Å². The van der Waals surface area contributed by atoms with Crippen LogP contribution in [0.3, 0.4) is 0 Å². The molecule has 0 spiro atoms. The highest BCUT2D eigenvalue weighted by Gasteiger charge is 2.34. The highest BCUT2D eigenvalue weighted by atomic mass is 32.1. The Kier molecular flexibility index (Phi) is 3.87. The van der Waals surface area contributed by atoms with Crippen molar-refractivity contribution in [3.8, 4) is 0 Å². The first-order chi connectivity index (χ1) is 8.53. The van der Waals surface area contributed by atoms with Crippen molar-refractivity contribution in [1.29, 1.82) is 0 Å².